The van der Waals surface area contributed by atoms with Crippen molar-refractivity contribution < 1.29 is 46.2 Å². The maximum Gasteiger partial charge on any atom is 0.582 e. The smallest absolute Gasteiger partial charge is 0.450 e. The number of benzene rings is 4. The molecule has 4 aliphatic heterocycles. The zero-order valence-corrected chi connectivity index (χ0v) is 52.3. The van der Waals surface area contributed by atoms with Crippen LogP contribution in [0.2, 0.25) is 38.3 Å². The summed E-state index contributed by atoms with van der Waals surface area (Å²) in [7, 11) is -6.94. The van der Waals surface area contributed by atoms with E-state index in [-0.39, 0.29) is 6.61 Å². The Kier molecular flexibility index (Phi) is 20.5. The number of amides is 1. The van der Waals surface area contributed by atoms with Crippen LogP contribution < -0.4 is 22.0 Å². The van der Waals surface area contributed by atoms with Gasteiger partial charge in [0.1, 0.15) is 22.6 Å². The van der Waals surface area contributed by atoms with Crippen molar-refractivity contribution in [2.45, 2.75) is 57.5 Å². The summed E-state index contributed by atoms with van der Waals surface area (Å²) in [6, 6.07) is 34.1. The van der Waals surface area contributed by atoms with E-state index in [9.17, 15) is 4.79 Å². The number of nitrogens with one attached hydrogen (secondary N) is 1. The van der Waals surface area contributed by atoms with Gasteiger partial charge >= 0.3 is 15.0 Å². The molecule has 0 saturated carbocycles. The Morgan fingerprint density at radius 3 is 1.38 bits per heavy atom. The van der Waals surface area contributed by atoms with E-state index < -0.39 is 31.6 Å². The fraction of sp³-hybridized carbons (Fsp3) is 0.450. The summed E-state index contributed by atoms with van der Waals surface area (Å²) >= 11 is 0. The Morgan fingerprint density at radius 2 is 0.917 bits per heavy atom. The molecular formula is C60H79N11O10Si3. The molecule has 84 heavy (non-hydrogen) atoms. The summed E-state index contributed by atoms with van der Waals surface area (Å²) < 4.78 is 59.6. The van der Waals surface area contributed by atoms with Crippen LogP contribution >= 0.6 is 0 Å². The van der Waals surface area contributed by atoms with Crippen molar-refractivity contribution in [3.63, 3.8) is 0 Å². The van der Waals surface area contributed by atoms with Crippen LogP contribution in [0, 0.1) is 0 Å². The average molecular weight is 1200 g/mol. The highest BCUT2D eigenvalue weighted by Crippen LogP contribution is 2.45. The van der Waals surface area contributed by atoms with Gasteiger partial charge in [-0.05, 0) is 64.1 Å². The number of carbonyl (C=O) groups excluding carboxylic acids is 1. The fourth-order valence-corrected chi connectivity index (χ4v) is 23.5. The van der Waals surface area contributed by atoms with Crippen LogP contribution in [0.15, 0.2) is 127 Å². The standard InChI is InChI=1S/C60H79N11O10Si3/c1-73-34-36-77-40-38-75-32-29-69(30-33-76-39-41-78-37-35-74-2)28-17-31-79-60(72)62-27-16-43-83(5,6)81-84(80-82(3,4)42-15-26-61)70-56-48-22-11-12-23-49(48)58(70)67-54-46-20-9-10-21-47(46)55(64-54)68-59-51-25-14-13-24-50(51)57(71(59)84)66-53-45-19-8-7-18-44(45)52(63-53)65-56/h7-14,18-25H,15-17,26-43,61H2,1-6H3,(H,62,72)/b65-52-,65-56?,66-53?,66-57-,67-54-,67-58?,68-55?,68-59-. The van der Waals surface area contributed by atoms with Gasteiger partial charge in [-0.3, -0.25) is 13.4 Å². The minimum atomic E-state index is -4.43. The van der Waals surface area contributed by atoms with Crippen LogP contribution in [-0.2, 0) is 41.4 Å². The first-order valence-electron chi connectivity index (χ1n) is 29.2. The summed E-state index contributed by atoms with van der Waals surface area (Å²) in [5.74, 6) is 3.30. The van der Waals surface area contributed by atoms with Gasteiger partial charge in [0.05, 0.1) is 72.7 Å². The first-order valence-corrected chi connectivity index (χ1v) is 37.2. The van der Waals surface area contributed by atoms with Crippen LogP contribution in [0.5, 0.6) is 0 Å². The summed E-state index contributed by atoms with van der Waals surface area (Å²) in [6.07, 6.45) is 1.52. The van der Waals surface area contributed by atoms with E-state index in [4.69, 9.17) is 77.1 Å². The number of methoxy groups -OCH3 is 2. The minimum Gasteiger partial charge on any atom is -0.450 e. The van der Waals surface area contributed by atoms with Gasteiger partial charge in [-0.25, -0.2) is 34.7 Å². The zero-order valence-electron chi connectivity index (χ0n) is 49.3. The van der Waals surface area contributed by atoms with E-state index >= 15 is 0 Å². The number of hydrogen-bond acceptors (Lipinski definition) is 18. The van der Waals surface area contributed by atoms with E-state index in [0.29, 0.717) is 164 Å². The molecule has 0 saturated heterocycles. The summed E-state index contributed by atoms with van der Waals surface area (Å²) in [4.78, 5) is 48.7. The first kappa shape index (κ1) is 60.9. The predicted molar refractivity (Wildman–Crippen MR) is 334 cm³/mol. The van der Waals surface area contributed by atoms with Gasteiger partial charge in [-0.2, -0.15) is 0 Å². The Labute approximate surface area is 493 Å². The number of carbonyl (C=O) groups is 1. The monoisotopic (exact) mass is 1200 g/mol. The normalized spacial score (nSPS) is 18.0. The van der Waals surface area contributed by atoms with Gasteiger partial charge in [0.25, 0.3) is 0 Å². The fourth-order valence-electron chi connectivity index (χ4n) is 10.8. The SMILES string of the molecule is COCCOCCOCCN(CCCOC(=O)NCCC[Si](C)(C)O[Si]1(O[Si](C)(C)CCCN)n2c3c4ccccc4c2/N=C2N=C(/N=c4/c5ccccc5/c(n41)=N/C1=NC(=N\3)/c3ccccc31)c1ccccc1\2)CCOCCOCCOC. The molecule has 1 unspecified atom stereocenters. The Bertz CT molecular complexity index is 3360. The number of amidine groups is 4. The lowest BCUT2D eigenvalue weighted by molar-refractivity contribution is 0.00873. The van der Waals surface area contributed by atoms with E-state index in [1.165, 1.54) is 0 Å². The number of nitrogens with two attached hydrogens (primary N) is 1. The molecule has 10 rings (SSSR count). The molecule has 4 aromatic carbocycles. The topological polar surface area (TPSA) is 225 Å². The lowest BCUT2D eigenvalue weighted by Crippen LogP contribution is -2.70. The Morgan fingerprint density at radius 1 is 0.500 bits per heavy atom. The van der Waals surface area contributed by atoms with Crippen molar-refractivity contribution >= 4 is 88.1 Å². The molecule has 6 bridgehead atoms. The molecule has 21 nitrogen and oxygen atoms in total. The van der Waals surface area contributed by atoms with Crippen molar-refractivity contribution in [1.29, 1.82) is 0 Å². The molecule has 446 valence electrons. The maximum atomic E-state index is 13.4. The number of nitrogens with zero attached hydrogens (tertiary/aromatic N) is 9. The number of ether oxygens (including phenoxy) is 7. The third-order valence-corrected chi connectivity index (χ3v) is 26.5. The quantitative estimate of drug-likeness (QED) is 0.0305. The van der Waals surface area contributed by atoms with Gasteiger partial charge in [-0.1, -0.05) is 97.1 Å². The molecule has 0 radical (unpaired) electrons. The molecule has 1 atom stereocenters. The zero-order chi connectivity index (χ0) is 58.5. The molecule has 1 amide bonds. The number of fused-ring (bicyclic) bond motifs is 14. The second-order valence-electron chi connectivity index (χ2n) is 22.1. The molecule has 0 fully saturated rings. The summed E-state index contributed by atoms with van der Waals surface area (Å²) in [5.41, 5.74) is 11.0. The number of aliphatic imine (C=N–C) groups is 4. The van der Waals surface area contributed by atoms with E-state index in [2.05, 4.69) is 69.1 Å². The van der Waals surface area contributed by atoms with Crippen LogP contribution in [-0.4, -0.2) is 188 Å². The largest absolute Gasteiger partial charge is 0.582 e. The van der Waals surface area contributed by atoms with Crippen LogP contribution in [0.3, 0.4) is 0 Å². The molecule has 6 heterocycles. The second kappa shape index (κ2) is 28.3. The highest BCUT2D eigenvalue weighted by molar-refractivity contribution is 6.88. The number of aromatic nitrogens is 2. The molecule has 0 aliphatic carbocycles. The van der Waals surface area contributed by atoms with E-state index in [0.717, 1.165) is 56.3 Å². The molecule has 3 N–H and O–H groups in total. The molecule has 6 aromatic rings. The van der Waals surface area contributed by atoms with Crippen molar-refractivity contribution in [3.8, 4) is 0 Å². The maximum absolute atomic E-state index is 13.4. The number of hydrogen-bond donors (Lipinski definition) is 2. The van der Waals surface area contributed by atoms with Crippen molar-refractivity contribution in [1.82, 2.24) is 18.7 Å². The Balaban J connectivity index is 0.956. The third kappa shape index (κ3) is 14.0. The summed E-state index contributed by atoms with van der Waals surface area (Å²) in [6.45, 7) is 17.3. The molecular weight excluding hydrogens is 1120 g/mol. The minimum absolute atomic E-state index is 0.245. The summed E-state index contributed by atoms with van der Waals surface area (Å²) in [5, 5.41) is 6.44. The van der Waals surface area contributed by atoms with Crippen LogP contribution in [0.4, 0.5) is 16.4 Å². The lowest BCUT2D eigenvalue weighted by Gasteiger charge is -2.43. The van der Waals surface area contributed by atoms with Gasteiger partial charge in [0, 0.05) is 84.2 Å². The predicted octanol–water partition coefficient (Wildman–Crippen LogP) is 7.33. The lowest BCUT2D eigenvalue weighted by atomic mass is 10.1. The third-order valence-electron chi connectivity index (χ3n) is 14.9. The van der Waals surface area contributed by atoms with Gasteiger partial charge in [0.2, 0.25) is 0 Å². The molecule has 0 spiro atoms. The Hall–Kier alpha value is -6.24. The number of alkyl carbamates (subject to hydrolysis) is 1. The van der Waals surface area contributed by atoms with Gasteiger partial charge < -0.3 is 52.4 Å². The molecule has 4 aliphatic rings. The van der Waals surface area contributed by atoms with Gasteiger partial charge in [-0.15, -0.1) is 0 Å². The van der Waals surface area contributed by atoms with Crippen molar-refractivity contribution in [2.75, 3.05) is 120 Å². The van der Waals surface area contributed by atoms with Crippen LogP contribution in [0.1, 0.15) is 41.5 Å². The molecule has 24 heteroatoms. The van der Waals surface area contributed by atoms with Gasteiger partial charge in [0.15, 0.2) is 40.0 Å². The van der Waals surface area contributed by atoms with Crippen LogP contribution in [0.25, 0.3) is 21.5 Å². The average Bonchev–Trinajstić information content (AvgIpc) is 1.54. The molecule has 2 aromatic heterocycles. The number of rotatable bonds is 33. The second-order valence-corrected chi connectivity index (χ2v) is 33.7. The van der Waals surface area contributed by atoms with E-state index in [1.807, 2.05) is 72.8 Å². The van der Waals surface area contributed by atoms with E-state index in [1.54, 1.807) is 14.2 Å². The van der Waals surface area contributed by atoms with Crippen molar-refractivity contribution in [2.24, 2.45) is 35.7 Å². The highest BCUT2D eigenvalue weighted by Gasteiger charge is 2.58. The first-order chi connectivity index (χ1) is 40.9. The highest BCUT2D eigenvalue weighted by atomic mass is 28.5. The van der Waals surface area contributed by atoms with Crippen molar-refractivity contribution in [3.05, 3.63) is 130 Å².